The smallest absolute Gasteiger partial charge is 0.204 e. The van der Waals surface area contributed by atoms with E-state index in [4.69, 9.17) is 14.2 Å². The fourth-order valence-electron chi connectivity index (χ4n) is 2.20. The largest absolute Gasteiger partial charge is 0.493 e. The van der Waals surface area contributed by atoms with Gasteiger partial charge in [0.1, 0.15) is 0 Å². The van der Waals surface area contributed by atoms with Gasteiger partial charge in [-0.05, 0) is 23.3 Å². The Kier molecular flexibility index (Phi) is 5.53. The SMILES string of the molecule is COc1cc2ccccc2c(OCC(C)C)c1OCC(C)C. The normalized spacial score (nSPS) is 11.2. The van der Waals surface area contributed by atoms with Gasteiger partial charge < -0.3 is 14.2 Å². The molecule has 22 heavy (non-hydrogen) atoms. The molecule has 0 unspecified atom stereocenters. The molecule has 2 rings (SSSR count). The molecule has 0 heterocycles. The van der Waals surface area contributed by atoms with Crippen molar-refractivity contribution in [2.75, 3.05) is 20.3 Å². The molecule has 2 aromatic rings. The summed E-state index contributed by atoms with van der Waals surface area (Å²) in [5.41, 5.74) is 0. The molecule has 120 valence electrons. The zero-order chi connectivity index (χ0) is 16.1. The molecule has 0 aliphatic rings. The number of methoxy groups -OCH3 is 1. The third-order valence-electron chi connectivity index (χ3n) is 3.26. The molecule has 0 amide bonds. The van der Waals surface area contributed by atoms with Crippen molar-refractivity contribution in [2.24, 2.45) is 11.8 Å². The standard InChI is InChI=1S/C19H26O3/c1-13(2)11-21-18-16-9-7-6-8-15(16)10-17(20-5)19(18)22-12-14(3)4/h6-10,13-14H,11-12H2,1-5H3. The molecule has 0 fully saturated rings. The van der Waals surface area contributed by atoms with E-state index in [9.17, 15) is 0 Å². The first-order valence-corrected chi connectivity index (χ1v) is 7.88. The lowest BCUT2D eigenvalue weighted by atomic mass is 10.1. The van der Waals surface area contributed by atoms with Gasteiger partial charge in [0.15, 0.2) is 11.5 Å². The van der Waals surface area contributed by atoms with Crippen LogP contribution in [0.2, 0.25) is 0 Å². The van der Waals surface area contributed by atoms with Gasteiger partial charge in [-0.15, -0.1) is 0 Å². The summed E-state index contributed by atoms with van der Waals surface area (Å²) in [6.45, 7) is 9.81. The van der Waals surface area contributed by atoms with E-state index in [-0.39, 0.29) is 0 Å². The van der Waals surface area contributed by atoms with Crippen molar-refractivity contribution < 1.29 is 14.2 Å². The molecule has 0 aliphatic carbocycles. The van der Waals surface area contributed by atoms with Gasteiger partial charge in [-0.1, -0.05) is 52.0 Å². The molecular weight excluding hydrogens is 276 g/mol. The summed E-state index contributed by atoms with van der Waals surface area (Å²) in [6, 6.07) is 10.2. The molecular formula is C19H26O3. The van der Waals surface area contributed by atoms with Gasteiger partial charge in [0.25, 0.3) is 0 Å². The van der Waals surface area contributed by atoms with Crippen LogP contribution in [0.5, 0.6) is 17.2 Å². The zero-order valence-electron chi connectivity index (χ0n) is 14.2. The van der Waals surface area contributed by atoms with Crippen LogP contribution in [0.15, 0.2) is 30.3 Å². The van der Waals surface area contributed by atoms with Gasteiger partial charge in [-0.25, -0.2) is 0 Å². The Morgan fingerprint density at radius 1 is 0.864 bits per heavy atom. The van der Waals surface area contributed by atoms with Gasteiger partial charge in [0, 0.05) is 5.39 Å². The van der Waals surface area contributed by atoms with E-state index >= 15 is 0 Å². The van der Waals surface area contributed by atoms with Crippen LogP contribution in [0.3, 0.4) is 0 Å². The van der Waals surface area contributed by atoms with Crippen molar-refractivity contribution in [1.29, 1.82) is 0 Å². The third-order valence-corrected chi connectivity index (χ3v) is 3.26. The molecule has 0 bridgehead atoms. The van der Waals surface area contributed by atoms with Crippen LogP contribution in [0.25, 0.3) is 10.8 Å². The van der Waals surface area contributed by atoms with Gasteiger partial charge >= 0.3 is 0 Å². The average molecular weight is 302 g/mol. The highest BCUT2D eigenvalue weighted by Gasteiger charge is 2.18. The molecule has 3 heteroatoms. The lowest BCUT2D eigenvalue weighted by molar-refractivity contribution is 0.223. The van der Waals surface area contributed by atoms with Crippen LogP contribution in [-0.2, 0) is 0 Å². The molecule has 0 saturated carbocycles. The van der Waals surface area contributed by atoms with E-state index < -0.39 is 0 Å². The predicted octanol–water partition coefficient (Wildman–Crippen LogP) is 4.92. The minimum Gasteiger partial charge on any atom is -0.493 e. The molecule has 0 aliphatic heterocycles. The highest BCUT2D eigenvalue weighted by Crippen LogP contribution is 2.44. The Labute approximate surface area is 133 Å². The Morgan fingerprint density at radius 2 is 1.45 bits per heavy atom. The summed E-state index contributed by atoms with van der Waals surface area (Å²) in [5.74, 6) is 3.09. The Bertz CT molecular complexity index is 617. The summed E-state index contributed by atoms with van der Waals surface area (Å²) >= 11 is 0. The minimum absolute atomic E-state index is 0.439. The molecule has 0 atom stereocenters. The van der Waals surface area contributed by atoms with E-state index in [1.807, 2.05) is 18.2 Å². The maximum Gasteiger partial charge on any atom is 0.204 e. The third kappa shape index (κ3) is 3.85. The number of benzene rings is 2. The summed E-state index contributed by atoms with van der Waals surface area (Å²) in [6.07, 6.45) is 0. The molecule has 0 spiro atoms. The van der Waals surface area contributed by atoms with Crippen molar-refractivity contribution in [3.05, 3.63) is 30.3 Å². The lowest BCUT2D eigenvalue weighted by Crippen LogP contribution is -2.10. The molecule has 3 nitrogen and oxygen atoms in total. The number of hydrogen-bond acceptors (Lipinski definition) is 3. The predicted molar refractivity (Wildman–Crippen MR) is 91.2 cm³/mol. The van der Waals surface area contributed by atoms with Gasteiger partial charge in [0.05, 0.1) is 20.3 Å². The number of fused-ring (bicyclic) bond motifs is 1. The molecule has 0 radical (unpaired) electrons. The van der Waals surface area contributed by atoms with Gasteiger partial charge in [-0.2, -0.15) is 0 Å². The van der Waals surface area contributed by atoms with Crippen LogP contribution in [0.4, 0.5) is 0 Å². The fourth-order valence-corrected chi connectivity index (χ4v) is 2.20. The van der Waals surface area contributed by atoms with Crippen molar-refractivity contribution >= 4 is 10.8 Å². The molecule has 0 saturated heterocycles. The second kappa shape index (κ2) is 7.39. The highest BCUT2D eigenvalue weighted by molar-refractivity contribution is 5.93. The topological polar surface area (TPSA) is 27.7 Å². The van der Waals surface area contributed by atoms with Crippen LogP contribution in [-0.4, -0.2) is 20.3 Å². The van der Waals surface area contributed by atoms with Crippen molar-refractivity contribution in [2.45, 2.75) is 27.7 Å². The second-order valence-corrected chi connectivity index (χ2v) is 6.37. The van der Waals surface area contributed by atoms with E-state index in [0.29, 0.717) is 30.8 Å². The summed E-state index contributed by atoms with van der Waals surface area (Å²) in [4.78, 5) is 0. The van der Waals surface area contributed by atoms with Gasteiger partial charge in [0.2, 0.25) is 5.75 Å². The number of ether oxygens (including phenoxy) is 3. The Balaban J connectivity index is 2.52. The first kappa shape index (κ1) is 16.5. The highest BCUT2D eigenvalue weighted by atomic mass is 16.5. The Morgan fingerprint density at radius 3 is 2.05 bits per heavy atom. The number of hydrogen-bond donors (Lipinski definition) is 0. The van der Waals surface area contributed by atoms with E-state index in [1.54, 1.807) is 7.11 Å². The maximum absolute atomic E-state index is 6.08. The van der Waals surface area contributed by atoms with E-state index in [2.05, 4.69) is 39.8 Å². The summed E-state index contributed by atoms with van der Waals surface area (Å²) < 4.78 is 17.6. The molecule has 0 N–H and O–H groups in total. The van der Waals surface area contributed by atoms with Crippen molar-refractivity contribution in [3.8, 4) is 17.2 Å². The minimum atomic E-state index is 0.439. The second-order valence-electron chi connectivity index (χ2n) is 6.37. The van der Waals surface area contributed by atoms with Crippen LogP contribution < -0.4 is 14.2 Å². The van der Waals surface area contributed by atoms with E-state index in [0.717, 1.165) is 22.3 Å². The first-order chi connectivity index (χ1) is 10.5. The average Bonchev–Trinajstić information content (AvgIpc) is 2.49. The fraction of sp³-hybridized carbons (Fsp3) is 0.474. The van der Waals surface area contributed by atoms with Crippen LogP contribution in [0, 0.1) is 11.8 Å². The molecule has 0 aromatic heterocycles. The summed E-state index contributed by atoms with van der Waals surface area (Å²) in [7, 11) is 1.67. The van der Waals surface area contributed by atoms with Crippen LogP contribution in [0.1, 0.15) is 27.7 Å². The quantitative estimate of drug-likeness (QED) is 0.726. The van der Waals surface area contributed by atoms with Crippen LogP contribution >= 0.6 is 0 Å². The van der Waals surface area contributed by atoms with E-state index in [1.165, 1.54) is 0 Å². The van der Waals surface area contributed by atoms with Crippen molar-refractivity contribution in [3.63, 3.8) is 0 Å². The monoisotopic (exact) mass is 302 g/mol. The zero-order valence-corrected chi connectivity index (χ0v) is 14.2. The lowest BCUT2D eigenvalue weighted by Gasteiger charge is -2.19. The maximum atomic E-state index is 6.08. The first-order valence-electron chi connectivity index (χ1n) is 7.88. The Hall–Kier alpha value is -1.90. The number of rotatable bonds is 7. The van der Waals surface area contributed by atoms with Gasteiger partial charge in [-0.3, -0.25) is 0 Å². The summed E-state index contributed by atoms with van der Waals surface area (Å²) in [5, 5.41) is 2.15. The molecule has 2 aromatic carbocycles. The van der Waals surface area contributed by atoms with Crippen molar-refractivity contribution in [1.82, 2.24) is 0 Å².